The number of hydrogen-bond donors (Lipinski definition) is 1. The molecule has 0 atom stereocenters. The SMILES string of the molecule is O=C(COc1ccc(Cl)cc1Cl)NCCc1ccc([N+](=O)[O-])cc1. The molecule has 0 heterocycles. The summed E-state index contributed by atoms with van der Waals surface area (Å²) in [4.78, 5) is 21.8. The number of nitrogens with one attached hydrogen (secondary N) is 1. The molecular weight excluding hydrogens is 355 g/mol. The van der Waals surface area contributed by atoms with Crippen LogP contribution >= 0.6 is 23.2 Å². The largest absolute Gasteiger partial charge is 0.482 e. The highest BCUT2D eigenvalue weighted by atomic mass is 35.5. The highest BCUT2D eigenvalue weighted by Crippen LogP contribution is 2.27. The number of nitrogens with zero attached hydrogens (tertiary/aromatic N) is 1. The third-order valence-corrected chi connectivity index (χ3v) is 3.67. The van der Waals surface area contributed by atoms with Gasteiger partial charge in [-0.25, -0.2) is 0 Å². The summed E-state index contributed by atoms with van der Waals surface area (Å²) < 4.78 is 5.32. The Morgan fingerprint density at radius 2 is 1.88 bits per heavy atom. The summed E-state index contributed by atoms with van der Waals surface area (Å²) in [6.07, 6.45) is 0.561. The standard InChI is InChI=1S/C16H14Cl2N2O4/c17-12-3-6-15(14(18)9-12)24-10-16(21)19-8-7-11-1-4-13(5-2-11)20(22)23/h1-6,9H,7-8,10H2,(H,19,21). The zero-order chi connectivity index (χ0) is 17.5. The molecule has 0 aliphatic rings. The summed E-state index contributed by atoms with van der Waals surface area (Å²) in [6, 6.07) is 10.9. The van der Waals surface area contributed by atoms with Crippen LogP contribution in [0.25, 0.3) is 0 Å². The van der Waals surface area contributed by atoms with E-state index in [9.17, 15) is 14.9 Å². The lowest BCUT2D eigenvalue weighted by molar-refractivity contribution is -0.384. The summed E-state index contributed by atoms with van der Waals surface area (Å²) in [5, 5.41) is 14.1. The average molecular weight is 369 g/mol. The van der Waals surface area contributed by atoms with E-state index in [-0.39, 0.29) is 18.2 Å². The van der Waals surface area contributed by atoms with Crippen molar-refractivity contribution in [2.45, 2.75) is 6.42 Å². The van der Waals surface area contributed by atoms with Gasteiger partial charge in [-0.3, -0.25) is 14.9 Å². The minimum absolute atomic E-state index is 0.0380. The molecule has 0 aromatic heterocycles. The molecule has 2 rings (SSSR count). The topological polar surface area (TPSA) is 81.5 Å². The predicted octanol–water partition coefficient (Wildman–Crippen LogP) is 3.64. The van der Waals surface area contributed by atoms with Crippen LogP contribution in [0.5, 0.6) is 5.75 Å². The summed E-state index contributed by atoms with van der Waals surface area (Å²) in [5.41, 5.74) is 0.929. The minimum Gasteiger partial charge on any atom is -0.482 e. The van der Waals surface area contributed by atoms with Crippen molar-refractivity contribution < 1.29 is 14.5 Å². The van der Waals surface area contributed by atoms with Crippen molar-refractivity contribution >= 4 is 34.8 Å². The van der Waals surface area contributed by atoms with Crippen LogP contribution < -0.4 is 10.1 Å². The van der Waals surface area contributed by atoms with E-state index in [0.717, 1.165) is 5.56 Å². The third kappa shape index (κ3) is 5.40. The number of rotatable bonds is 7. The summed E-state index contributed by atoms with van der Waals surface area (Å²) in [5.74, 6) is 0.0921. The second kappa shape index (κ2) is 8.52. The molecule has 0 bridgehead atoms. The molecule has 2 aromatic rings. The molecule has 0 saturated carbocycles. The van der Waals surface area contributed by atoms with Crippen LogP contribution in [0.3, 0.4) is 0 Å². The Balaban J connectivity index is 1.74. The van der Waals surface area contributed by atoms with Crippen LogP contribution in [0, 0.1) is 10.1 Å². The van der Waals surface area contributed by atoms with E-state index < -0.39 is 4.92 Å². The molecule has 0 saturated heterocycles. The van der Waals surface area contributed by atoms with Gasteiger partial charge in [0.1, 0.15) is 5.75 Å². The number of ether oxygens (including phenoxy) is 1. The van der Waals surface area contributed by atoms with E-state index in [2.05, 4.69) is 5.32 Å². The Hall–Kier alpha value is -2.31. The molecule has 2 aromatic carbocycles. The Morgan fingerprint density at radius 3 is 2.50 bits per heavy atom. The van der Waals surface area contributed by atoms with Crippen LogP contribution in [0.1, 0.15) is 5.56 Å². The van der Waals surface area contributed by atoms with Gasteiger partial charge in [0.25, 0.3) is 11.6 Å². The molecule has 126 valence electrons. The monoisotopic (exact) mass is 368 g/mol. The van der Waals surface area contributed by atoms with Crippen LogP contribution in [0.4, 0.5) is 5.69 Å². The van der Waals surface area contributed by atoms with Gasteiger partial charge in [-0.2, -0.15) is 0 Å². The lowest BCUT2D eigenvalue weighted by Crippen LogP contribution is -2.30. The van der Waals surface area contributed by atoms with Crippen LogP contribution in [0.2, 0.25) is 10.0 Å². The highest BCUT2D eigenvalue weighted by molar-refractivity contribution is 6.35. The van der Waals surface area contributed by atoms with Gasteiger partial charge in [0.15, 0.2) is 6.61 Å². The smallest absolute Gasteiger partial charge is 0.269 e. The fourth-order valence-electron chi connectivity index (χ4n) is 1.92. The number of nitro groups is 1. The van der Waals surface area contributed by atoms with E-state index in [4.69, 9.17) is 27.9 Å². The van der Waals surface area contributed by atoms with E-state index in [1.807, 2.05) is 0 Å². The zero-order valence-electron chi connectivity index (χ0n) is 12.5. The first-order chi connectivity index (χ1) is 11.5. The lowest BCUT2D eigenvalue weighted by atomic mass is 10.1. The normalized spacial score (nSPS) is 10.2. The van der Waals surface area contributed by atoms with Gasteiger partial charge >= 0.3 is 0 Å². The number of benzene rings is 2. The molecule has 24 heavy (non-hydrogen) atoms. The van der Waals surface area contributed by atoms with Crippen molar-refractivity contribution in [3.8, 4) is 5.75 Å². The maximum Gasteiger partial charge on any atom is 0.269 e. The molecule has 0 fully saturated rings. The van der Waals surface area contributed by atoms with Gasteiger partial charge in [0, 0.05) is 23.7 Å². The van der Waals surface area contributed by atoms with E-state index in [1.54, 1.807) is 24.3 Å². The molecule has 0 unspecified atom stereocenters. The van der Waals surface area contributed by atoms with Gasteiger partial charge in [0.2, 0.25) is 0 Å². The second-order valence-electron chi connectivity index (χ2n) is 4.89. The van der Waals surface area contributed by atoms with E-state index >= 15 is 0 Å². The highest BCUT2D eigenvalue weighted by Gasteiger charge is 2.07. The number of halogens is 2. The molecule has 6 nitrogen and oxygen atoms in total. The van der Waals surface area contributed by atoms with Crippen molar-refractivity contribution in [2.75, 3.05) is 13.2 Å². The van der Waals surface area contributed by atoms with Crippen molar-refractivity contribution in [1.82, 2.24) is 5.32 Å². The Bertz CT molecular complexity index is 735. The molecular formula is C16H14Cl2N2O4. The van der Waals surface area contributed by atoms with Crippen LogP contribution in [-0.4, -0.2) is 24.0 Å². The first kappa shape index (κ1) is 18.0. The summed E-state index contributed by atoms with van der Waals surface area (Å²) >= 11 is 11.7. The fraction of sp³-hybridized carbons (Fsp3) is 0.188. The molecule has 1 N–H and O–H groups in total. The lowest BCUT2D eigenvalue weighted by Gasteiger charge is -2.09. The van der Waals surface area contributed by atoms with Gasteiger partial charge in [-0.05, 0) is 30.2 Å². The Kier molecular flexibility index (Phi) is 6.40. The van der Waals surface area contributed by atoms with Crippen molar-refractivity contribution in [1.29, 1.82) is 0 Å². The fourth-order valence-corrected chi connectivity index (χ4v) is 2.38. The van der Waals surface area contributed by atoms with Gasteiger partial charge in [0.05, 0.1) is 9.95 Å². The molecule has 0 spiro atoms. The second-order valence-corrected chi connectivity index (χ2v) is 5.73. The Morgan fingerprint density at radius 1 is 1.17 bits per heavy atom. The van der Waals surface area contributed by atoms with Gasteiger partial charge in [-0.15, -0.1) is 0 Å². The van der Waals surface area contributed by atoms with Gasteiger partial charge in [-0.1, -0.05) is 35.3 Å². The number of hydrogen-bond acceptors (Lipinski definition) is 4. The average Bonchev–Trinajstić information content (AvgIpc) is 2.54. The molecule has 1 amide bonds. The number of amides is 1. The van der Waals surface area contributed by atoms with Gasteiger partial charge < -0.3 is 10.1 Å². The maximum absolute atomic E-state index is 11.7. The van der Waals surface area contributed by atoms with Crippen LogP contribution in [0.15, 0.2) is 42.5 Å². The number of non-ortho nitro benzene ring substituents is 1. The first-order valence-corrected chi connectivity index (χ1v) is 7.79. The quantitative estimate of drug-likeness (QED) is 0.597. The number of carbonyl (C=O) groups excluding carboxylic acids is 1. The third-order valence-electron chi connectivity index (χ3n) is 3.14. The first-order valence-electron chi connectivity index (χ1n) is 7.03. The van der Waals surface area contributed by atoms with Crippen LogP contribution in [-0.2, 0) is 11.2 Å². The van der Waals surface area contributed by atoms with Crippen molar-refractivity contribution in [3.05, 3.63) is 68.2 Å². The van der Waals surface area contributed by atoms with E-state index in [0.29, 0.717) is 28.8 Å². The van der Waals surface area contributed by atoms with E-state index in [1.165, 1.54) is 18.2 Å². The molecule has 0 aliphatic heterocycles. The zero-order valence-corrected chi connectivity index (χ0v) is 14.0. The summed E-state index contributed by atoms with van der Waals surface area (Å²) in [6.45, 7) is 0.232. The number of carbonyl (C=O) groups is 1. The Labute approximate surface area is 148 Å². The maximum atomic E-state index is 11.7. The van der Waals surface area contributed by atoms with Crippen molar-refractivity contribution in [3.63, 3.8) is 0 Å². The molecule has 0 radical (unpaired) electrons. The molecule has 0 aliphatic carbocycles. The summed E-state index contributed by atoms with van der Waals surface area (Å²) in [7, 11) is 0. The number of nitro benzene ring substituents is 1. The minimum atomic E-state index is -0.454. The predicted molar refractivity (Wildman–Crippen MR) is 91.8 cm³/mol. The molecule has 8 heteroatoms. The van der Waals surface area contributed by atoms with Crippen molar-refractivity contribution in [2.24, 2.45) is 0 Å².